The van der Waals surface area contributed by atoms with Crippen LogP contribution in [-0.2, 0) is 9.53 Å². The van der Waals surface area contributed by atoms with Crippen LogP contribution in [-0.4, -0.2) is 53.6 Å². The number of rotatable bonds is 1. The second kappa shape index (κ2) is 5.85. The van der Waals surface area contributed by atoms with Crippen LogP contribution in [0.25, 0.3) is 0 Å². The number of carbonyl (C=O) groups excluding carboxylic acids is 2. The molecule has 1 spiro atoms. The normalized spacial score (nSPS) is 27.1. The minimum absolute atomic E-state index is 0.226. The molecule has 0 aliphatic carbocycles. The standard InChI is InChI=1S/C16H28N2O3/c1-5-17-10-6-8-16(13(17)19)9-7-11-18(12-16)14(20)21-15(2,3)4/h5-12H2,1-4H3. The van der Waals surface area contributed by atoms with E-state index in [-0.39, 0.29) is 17.4 Å². The van der Waals surface area contributed by atoms with Crippen LogP contribution in [0.2, 0.25) is 0 Å². The van der Waals surface area contributed by atoms with E-state index in [9.17, 15) is 9.59 Å². The molecular weight excluding hydrogens is 268 g/mol. The van der Waals surface area contributed by atoms with Gasteiger partial charge in [-0.15, -0.1) is 0 Å². The second-order valence-corrected chi connectivity index (χ2v) is 7.27. The zero-order valence-corrected chi connectivity index (χ0v) is 13.8. The average Bonchev–Trinajstić information content (AvgIpc) is 2.40. The van der Waals surface area contributed by atoms with Gasteiger partial charge >= 0.3 is 6.09 Å². The van der Waals surface area contributed by atoms with Crippen molar-refractivity contribution in [3.63, 3.8) is 0 Å². The molecule has 0 aromatic carbocycles. The highest BCUT2D eigenvalue weighted by Gasteiger charge is 2.47. The highest BCUT2D eigenvalue weighted by molar-refractivity contribution is 5.84. The fourth-order valence-corrected chi connectivity index (χ4v) is 3.45. The van der Waals surface area contributed by atoms with Gasteiger partial charge < -0.3 is 14.5 Å². The second-order valence-electron chi connectivity index (χ2n) is 7.27. The largest absolute Gasteiger partial charge is 0.444 e. The molecule has 2 saturated heterocycles. The smallest absolute Gasteiger partial charge is 0.410 e. The summed E-state index contributed by atoms with van der Waals surface area (Å²) in [6.45, 7) is 10.4. The van der Waals surface area contributed by atoms with Gasteiger partial charge in [-0.1, -0.05) is 0 Å². The molecule has 0 radical (unpaired) electrons. The topological polar surface area (TPSA) is 49.9 Å². The Balaban J connectivity index is 2.09. The minimum atomic E-state index is -0.492. The Labute approximate surface area is 127 Å². The van der Waals surface area contributed by atoms with Crippen molar-refractivity contribution >= 4 is 12.0 Å². The summed E-state index contributed by atoms with van der Waals surface area (Å²) >= 11 is 0. The zero-order valence-electron chi connectivity index (χ0n) is 13.8. The van der Waals surface area contributed by atoms with E-state index in [2.05, 4.69) is 0 Å². The molecule has 0 bridgehead atoms. The van der Waals surface area contributed by atoms with Gasteiger partial charge in [0.2, 0.25) is 5.91 Å². The summed E-state index contributed by atoms with van der Waals surface area (Å²) in [7, 11) is 0. The number of carbonyl (C=O) groups is 2. The van der Waals surface area contributed by atoms with E-state index >= 15 is 0 Å². The first-order valence-electron chi connectivity index (χ1n) is 8.05. The first-order chi connectivity index (χ1) is 9.77. The molecule has 0 saturated carbocycles. The van der Waals surface area contributed by atoms with E-state index in [1.54, 1.807) is 4.90 Å². The summed E-state index contributed by atoms with van der Waals surface area (Å²) in [6, 6.07) is 0. The molecule has 2 aliphatic heterocycles. The Hall–Kier alpha value is -1.26. The van der Waals surface area contributed by atoms with Gasteiger partial charge in [0.15, 0.2) is 0 Å². The number of amides is 2. The molecule has 0 N–H and O–H groups in total. The van der Waals surface area contributed by atoms with Crippen molar-refractivity contribution in [3.05, 3.63) is 0 Å². The van der Waals surface area contributed by atoms with Crippen LogP contribution < -0.4 is 0 Å². The van der Waals surface area contributed by atoms with Gasteiger partial charge in [0, 0.05) is 26.2 Å². The molecule has 1 unspecified atom stereocenters. The molecule has 120 valence electrons. The lowest BCUT2D eigenvalue weighted by molar-refractivity contribution is -0.149. The van der Waals surface area contributed by atoms with Gasteiger partial charge in [0.25, 0.3) is 0 Å². The third kappa shape index (κ3) is 3.50. The van der Waals surface area contributed by atoms with Crippen LogP contribution in [0.1, 0.15) is 53.4 Å². The Morgan fingerprint density at radius 3 is 2.43 bits per heavy atom. The summed E-state index contributed by atoms with van der Waals surface area (Å²) < 4.78 is 5.46. The van der Waals surface area contributed by atoms with Gasteiger partial charge in [0.05, 0.1) is 5.41 Å². The Bertz CT molecular complexity index is 412. The molecule has 0 aromatic rings. The maximum atomic E-state index is 12.7. The number of likely N-dealkylation sites (tertiary alicyclic amines) is 2. The molecule has 2 rings (SSSR count). The van der Waals surface area contributed by atoms with Crippen molar-refractivity contribution in [2.45, 2.75) is 59.0 Å². The van der Waals surface area contributed by atoms with E-state index < -0.39 is 5.60 Å². The lowest BCUT2D eigenvalue weighted by atomic mass is 9.73. The summed E-state index contributed by atoms with van der Waals surface area (Å²) in [5.74, 6) is 0.226. The van der Waals surface area contributed by atoms with Gasteiger partial charge in [-0.25, -0.2) is 4.79 Å². The molecule has 2 fully saturated rings. The molecule has 1 atom stereocenters. The van der Waals surface area contributed by atoms with Crippen LogP contribution in [0.5, 0.6) is 0 Å². The predicted octanol–water partition coefficient (Wildman–Crippen LogP) is 2.65. The van der Waals surface area contributed by atoms with E-state index in [0.717, 1.165) is 38.8 Å². The van der Waals surface area contributed by atoms with Crippen molar-refractivity contribution in [1.29, 1.82) is 0 Å². The molecule has 2 heterocycles. The Kier molecular flexibility index (Phi) is 4.49. The maximum Gasteiger partial charge on any atom is 0.410 e. The maximum absolute atomic E-state index is 12.7. The highest BCUT2D eigenvalue weighted by Crippen LogP contribution is 2.39. The molecule has 0 aromatic heterocycles. The average molecular weight is 296 g/mol. The Morgan fingerprint density at radius 2 is 1.86 bits per heavy atom. The van der Waals surface area contributed by atoms with Gasteiger partial charge in [-0.3, -0.25) is 4.79 Å². The van der Waals surface area contributed by atoms with E-state index in [4.69, 9.17) is 4.74 Å². The van der Waals surface area contributed by atoms with Gasteiger partial charge in [0.1, 0.15) is 5.60 Å². The Morgan fingerprint density at radius 1 is 1.24 bits per heavy atom. The van der Waals surface area contributed by atoms with Crippen molar-refractivity contribution in [2.75, 3.05) is 26.2 Å². The fraction of sp³-hybridized carbons (Fsp3) is 0.875. The molecular formula is C16H28N2O3. The summed E-state index contributed by atoms with van der Waals surface area (Å²) in [6.07, 6.45) is 3.40. The molecule has 2 amide bonds. The van der Waals surface area contributed by atoms with E-state index in [1.807, 2.05) is 32.6 Å². The van der Waals surface area contributed by atoms with Crippen LogP contribution in [0.4, 0.5) is 4.79 Å². The zero-order chi connectivity index (χ0) is 15.7. The number of hydrogen-bond donors (Lipinski definition) is 0. The summed E-state index contributed by atoms with van der Waals surface area (Å²) in [4.78, 5) is 28.7. The number of nitrogens with zero attached hydrogens (tertiary/aromatic N) is 2. The summed E-state index contributed by atoms with van der Waals surface area (Å²) in [5.41, 5.74) is -0.864. The lowest BCUT2D eigenvalue weighted by Crippen LogP contribution is -2.57. The first kappa shape index (κ1) is 16.1. The first-order valence-corrected chi connectivity index (χ1v) is 8.05. The van der Waals surface area contributed by atoms with Crippen molar-refractivity contribution in [2.24, 2.45) is 5.41 Å². The van der Waals surface area contributed by atoms with Crippen LogP contribution >= 0.6 is 0 Å². The van der Waals surface area contributed by atoms with Crippen molar-refractivity contribution in [1.82, 2.24) is 9.80 Å². The number of hydrogen-bond acceptors (Lipinski definition) is 3. The van der Waals surface area contributed by atoms with Gasteiger partial charge in [-0.2, -0.15) is 0 Å². The van der Waals surface area contributed by atoms with Crippen LogP contribution in [0.15, 0.2) is 0 Å². The third-order valence-electron chi connectivity index (χ3n) is 4.43. The number of piperidine rings is 2. The van der Waals surface area contributed by atoms with Crippen LogP contribution in [0, 0.1) is 5.41 Å². The van der Waals surface area contributed by atoms with Crippen molar-refractivity contribution < 1.29 is 14.3 Å². The minimum Gasteiger partial charge on any atom is -0.444 e. The highest BCUT2D eigenvalue weighted by atomic mass is 16.6. The van der Waals surface area contributed by atoms with Crippen LogP contribution in [0.3, 0.4) is 0 Å². The monoisotopic (exact) mass is 296 g/mol. The summed E-state index contributed by atoms with van der Waals surface area (Å²) in [5, 5.41) is 0. The van der Waals surface area contributed by atoms with E-state index in [1.165, 1.54) is 0 Å². The quantitative estimate of drug-likeness (QED) is 0.747. The van der Waals surface area contributed by atoms with Crippen molar-refractivity contribution in [3.8, 4) is 0 Å². The van der Waals surface area contributed by atoms with Gasteiger partial charge in [-0.05, 0) is 53.4 Å². The predicted molar refractivity (Wildman–Crippen MR) is 81.0 cm³/mol. The molecule has 2 aliphatic rings. The van der Waals surface area contributed by atoms with E-state index in [0.29, 0.717) is 13.1 Å². The fourth-order valence-electron chi connectivity index (χ4n) is 3.45. The third-order valence-corrected chi connectivity index (χ3v) is 4.43. The number of ether oxygens (including phenoxy) is 1. The molecule has 21 heavy (non-hydrogen) atoms. The molecule has 5 nitrogen and oxygen atoms in total. The molecule has 5 heteroatoms. The lowest BCUT2D eigenvalue weighted by Gasteiger charge is -2.46. The SMILES string of the molecule is CCN1CCCC2(CCCN(C(=O)OC(C)(C)C)C2)C1=O.